The van der Waals surface area contributed by atoms with Crippen LogP contribution in [0, 0.1) is 0 Å². The van der Waals surface area contributed by atoms with Crippen LogP contribution in [0.1, 0.15) is 24.8 Å². The molecule has 1 N–H and O–H groups in total. The maximum atomic E-state index is 9.63. The summed E-state index contributed by atoms with van der Waals surface area (Å²) in [5, 5.41) is 9.63. The maximum Gasteiger partial charge on any atom is 0.127 e. The van der Waals surface area contributed by atoms with Crippen LogP contribution in [0.15, 0.2) is 54.6 Å². The largest absolute Gasteiger partial charge is 0.457 e. The van der Waals surface area contributed by atoms with E-state index in [2.05, 4.69) is 12.1 Å². The minimum Gasteiger partial charge on any atom is -0.457 e. The molecule has 3 rings (SSSR count). The van der Waals surface area contributed by atoms with E-state index in [1.807, 2.05) is 42.5 Å². The molecule has 0 bridgehead atoms. The number of para-hydroxylation sites is 1. The third-order valence-electron chi connectivity index (χ3n) is 4.04. The van der Waals surface area contributed by atoms with Crippen LogP contribution >= 0.6 is 0 Å². The molecule has 1 aliphatic rings. The minimum atomic E-state index is -0.0317. The Balaban J connectivity index is 1.84. The molecule has 2 aromatic carbocycles. The van der Waals surface area contributed by atoms with Gasteiger partial charge in [-0.15, -0.1) is 0 Å². The van der Waals surface area contributed by atoms with Crippen molar-refractivity contribution in [1.29, 1.82) is 0 Å². The lowest BCUT2D eigenvalue weighted by Gasteiger charge is -2.41. The topological polar surface area (TPSA) is 29.5 Å². The highest BCUT2D eigenvalue weighted by Gasteiger charge is 2.38. The first-order valence-corrected chi connectivity index (χ1v) is 6.77. The first kappa shape index (κ1) is 12.2. The van der Waals surface area contributed by atoms with Gasteiger partial charge >= 0.3 is 0 Å². The van der Waals surface area contributed by atoms with Crippen LogP contribution in [-0.4, -0.2) is 11.7 Å². The van der Waals surface area contributed by atoms with Crippen LogP contribution in [0.4, 0.5) is 0 Å². The van der Waals surface area contributed by atoms with E-state index in [4.69, 9.17) is 4.74 Å². The first-order valence-electron chi connectivity index (χ1n) is 6.77. The molecular weight excluding hydrogens is 236 g/mol. The van der Waals surface area contributed by atoms with E-state index in [9.17, 15) is 5.11 Å². The zero-order valence-corrected chi connectivity index (χ0v) is 10.9. The summed E-state index contributed by atoms with van der Waals surface area (Å²) in [6, 6.07) is 17.9. The number of aliphatic hydroxyl groups is 1. The molecule has 2 heteroatoms. The monoisotopic (exact) mass is 254 g/mol. The lowest BCUT2D eigenvalue weighted by atomic mass is 9.65. The van der Waals surface area contributed by atoms with E-state index in [1.165, 1.54) is 12.0 Å². The Labute approximate surface area is 113 Å². The standard InChI is InChI=1S/C17H18O2/c18-13-17(10-5-11-17)14-6-4-9-16(12-14)19-15-7-2-1-3-8-15/h1-4,6-9,12,18H,5,10-11,13H2. The van der Waals surface area contributed by atoms with Gasteiger partial charge in [0.2, 0.25) is 0 Å². The van der Waals surface area contributed by atoms with Gasteiger partial charge in [0.1, 0.15) is 11.5 Å². The molecule has 2 aromatic rings. The van der Waals surface area contributed by atoms with Crippen molar-refractivity contribution < 1.29 is 9.84 Å². The van der Waals surface area contributed by atoms with Crippen molar-refractivity contribution in [3.8, 4) is 11.5 Å². The van der Waals surface area contributed by atoms with Gasteiger partial charge in [-0.05, 0) is 42.7 Å². The van der Waals surface area contributed by atoms with Gasteiger partial charge in [-0.3, -0.25) is 0 Å². The summed E-state index contributed by atoms with van der Waals surface area (Å²) in [4.78, 5) is 0. The number of rotatable bonds is 4. The van der Waals surface area contributed by atoms with Gasteiger partial charge in [-0.25, -0.2) is 0 Å². The lowest BCUT2D eigenvalue weighted by molar-refractivity contribution is 0.120. The normalized spacial score (nSPS) is 16.7. The Morgan fingerprint density at radius 2 is 1.68 bits per heavy atom. The van der Waals surface area contributed by atoms with E-state index >= 15 is 0 Å². The molecule has 0 saturated heterocycles. The fourth-order valence-corrected chi connectivity index (χ4v) is 2.66. The van der Waals surface area contributed by atoms with Gasteiger partial charge in [0.15, 0.2) is 0 Å². The van der Waals surface area contributed by atoms with Crippen molar-refractivity contribution in [1.82, 2.24) is 0 Å². The van der Waals surface area contributed by atoms with Crippen molar-refractivity contribution in [3.63, 3.8) is 0 Å². The summed E-state index contributed by atoms with van der Waals surface area (Å²) < 4.78 is 5.85. The third kappa shape index (κ3) is 2.36. The number of hydrogen-bond donors (Lipinski definition) is 1. The Hall–Kier alpha value is -1.80. The average molecular weight is 254 g/mol. The molecule has 1 saturated carbocycles. The molecule has 19 heavy (non-hydrogen) atoms. The van der Waals surface area contributed by atoms with E-state index < -0.39 is 0 Å². The molecule has 0 heterocycles. The van der Waals surface area contributed by atoms with Crippen molar-refractivity contribution in [3.05, 3.63) is 60.2 Å². The van der Waals surface area contributed by atoms with Gasteiger partial charge in [-0.2, -0.15) is 0 Å². The third-order valence-corrected chi connectivity index (χ3v) is 4.04. The average Bonchev–Trinajstić information content (AvgIpc) is 2.40. The zero-order valence-electron chi connectivity index (χ0n) is 10.9. The van der Waals surface area contributed by atoms with Crippen molar-refractivity contribution in [2.75, 3.05) is 6.61 Å². The molecular formula is C17H18O2. The number of aliphatic hydroxyl groups excluding tert-OH is 1. The molecule has 0 aromatic heterocycles. The van der Waals surface area contributed by atoms with Crippen LogP contribution in [0.25, 0.3) is 0 Å². The fraction of sp³-hybridized carbons (Fsp3) is 0.294. The summed E-state index contributed by atoms with van der Waals surface area (Å²) in [7, 11) is 0. The van der Waals surface area contributed by atoms with Crippen molar-refractivity contribution in [2.24, 2.45) is 0 Å². The molecule has 98 valence electrons. The van der Waals surface area contributed by atoms with Gasteiger partial charge in [0, 0.05) is 5.41 Å². The lowest BCUT2D eigenvalue weighted by Crippen LogP contribution is -2.37. The Morgan fingerprint density at radius 1 is 0.947 bits per heavy atom. The highest BCUT2D eigenvalue weighted by molar-refractivity contribution is 5.38. The summed E-state index contributed by atoms with van der Waals surface area (Å²) in [5.41, 5.74) is 1.16. The van der Waals surface area contributed by atoms with Gasteiger partial charge in [-0.1, -0.05) is 36.8 Å². The SMILES string of the molecule is OCC1(c2cccc(Oc3ccccc3)c2)CCC1. The second kappa shape index (κ2) is 5.06. The maximum absolute atomic E-state index is 9.63. The predicted molar refractivity (Wildman–Crippen MR) is 75.6 cm³/mol. The Kier molecular flexibility index (Phi) is 3.26. The molecule has 0 unspecified atom stereocenters. The molecule has 1 fully saturated rings. The highest BCUT2D eigenvalue weighted by Crippen LogP contribution is 2.44. The Morgan fingerprint density at radius 3 is 2.32 bits per heavy atom. The summed E-state index contributed by atoms with van der Waals surface area (Å²) in [6.45, 7) is 0.224. The van der Waals surface area contributed by atoms with Crippen LogP contribution in [0.2, 0.25) is 0 Å². The molecule has 0 amide bonds. The van der Waals surface area contributed by atoms with Crippen LogP contribution in [-0.2, 0) is 5.41 Å². The van der Waals surface area contributed by atoms with Crippen LogP contribution in [0.5, 0.6) is 11.5 Å². The fourth-order valence-electron chi connectivity index (χ4n) is 2.66. The van der Waals surface area contributed by atoms with Crippen LogP contribution in [0.3, 0.4) is 0 Å². The smallest absolute Gasteiger partial charge is 0.127 e. The number of hydrogen-bond acceptors (Lipinski definition) is 2. The van der Waals surface area contributed by atoms with Crippen molar-refractivity contribution in [2.45, 2.75) is 24.7 Å². The molecule has 1 aliphatic carbocycles. The minimum absolute atomic E-state index is 0.0317. The highest BCUT2D eigenvalue weighted by atomic mass is 16.5. The Bertz CT molecular complexity index is 539. The quantitative estimate of drug-likeness (QED) is 0.896. The van der Waals surface area contributed by atoms with Crippen LogP contribution < -0.4 is 4.74 Å². The van der Waals surface area contributed by atoms with E-state index in [0.717, 1.165) is 24.3 Å². The summed E-state index contributed by atoms with van der Waals surface area (Å²) in [6.07, 6.45) is 3.33. The van der Waals surface area contributed by atoms with E-state index in [0.29, 0.717) is 0 Å². The molecule has 0 atom stereocenters. The molecule has 0 aliphatic heterocycles. The van der Waals surface area contributed by atoms with Crippen molar-refractivity contribution >= 4 is 0 Å². The van der Waals surface area contributed by atoms with Gasteiger partial charge < -0.3 is 9.84 Å². The van der Waals surface area contributed by atoms with Gasteiger partial charge in [0.05, 0.1) is 6.61 Å². The second-order valence-electron chi connectivity index (χ2n) is 5.23. The first-order chi connectivity index (χ1) is 9.32. The van der Waals surface area contributed by atoms with Gasteiger partial charge in [0.25, 0.3) is 0 Å². The number of benzene rings is 2. The summed E-state index contributed by atoms with van der Waals surface area (Å²) >= 11 is 0. The number of ether oxygens (including phenoxy) is 1. The second-order valence-corrected chi connectivity index (χ2v) is 5.23. The molecule has 0 spiro atoms. The predicted octanol–water partition coefficient (Wildman–Crippen LogP) is 3.89. The zero-order chi connectivity index (χ0) is 13.1. The summed E-state index contributed by atoms with van der Waals surface area (Å²) in [5.74, 6) is 1.68. The van der Waals surface area contributed by atoms with E-state index in [1.54, 1.807) is 0 Å². The van der Waals surface area contributed by atoms with E-state index in [-0.39, 0.29) is 12.0 Å². The molecule has 2 nitrogen and oxygen atoms in total. The molecule has 0 radical (unpaired) electrons.